The quantitative estimate of drug-likeness (QED) is 0.747. The van der Waals surface area contributed by atoms with Gasteiger partial charge < -0.3 is 4.74 Å². The number of hydrogen-bond donors (Lipinski definition) is 1. The van der Waals surface area contributed by atoms with Crippen molar-refractivity contribution >= 4 is 48.7 Å². The van der Waals surface area contributed by atoms with Crippen LogP contribution in [0, 0.1) is 0 Å². The Balaban J connectivity index is 2.02. The van der Waals surface area contributed by atoms with E-state index >= 15 is 0 Å². The van der Waals surface area contributed by atoms with Crippen LogP contribution in [0.2, 0.25) is 5.02 Å². The van der Waals surface area contributed by atoms with Gasteiger partial charge in [0, 0.05) is 15.4 Å². The van der Waals surface area contributed by atoms with Crippen LogP contribution in [0.1, 0.15) is 0 Å². The first-order chi connectivity index (χ1) is 11.4. The summed E-state index contributed by atoms with van der Waals surface area (Å²) in [5.41, 5.74) is 0.344. The van der Waals surface area contributed by atoms with Gasteiger partial charge in [0.2, 0.25) is 0 Å². The second kappa shape index (κ2) is 6.43. The zero-order chi connectivity index (χ0) is 17.3. The summed E-state index contributed by atoms with van der Waals surface area (Å²) in [5, 5.41) is 1.13. The molecule has 0 aliphatic carbocycles. The minimum absolute atomic E-state index is 0.293. The van der Waals surface area contributed by atoms with Crippen molar-refractivity contribution in [2.45, 2.75) is 4.90 Å². The summed E-state index contributed by atoms with van der Waals surface area (Å²) in [7, 11) is -2.47. The van der Waals surface area contributed by atoms with E-state index < -0.39 is 14.8 Å². The molecule has 124 valence electrons. The van der Waals surface area contributed by atoms with Gasteiger partial charge in [-0.05, 0) is 47.9 Å². The third-order valence-corrected chi connectivity index (χ3v) is 6.03. The van der Waals surface area contributed by atoms with Gasteiger partial charge >= 0.3 is 0 Å². The Morgan fingerprint density at radius 2 is 1.79 bits per heavy atom. The third-order valence-electron chi connectivity index (χ3n) is 3.30. The van der Waals surface area contributed by atoms with Crippen LogP contribution in [0.5, 0.6) is 5.75 Å². The van der Waals surface area contributed by atoms with Crippen LogP contribution in [0.25, 0.3) is 10.1 Å². The molecule has 5 nitrogen and oxygen atoms in total. The monoisotopic (exact) mass is 381 g/mol. The molecule has 3 rings (SSSR count). The van der Waals surface area contributed by atoms with Crippen LogP contribution in [0.3, 0.4) is 0 Å². The van der Waals surface area contributed by atoms with Gasteiger partial charge in [0.25, 0.3) is 14.8 Å². The number of rotatable bonds is 4. The number of fused-ring (bicyclic) bond motifs is 1. The van der Waals surface area contributed by atoms with E-state index in [0.717, 1.165) is 11.3 Å². The zero-order valence-corrected chi connectivity index (χ0v) is 14.8. The molecule has 2 aromatic carbocycles. The van der Waals surface area contributed by atoms with Gasteiger partial charge in [0.1, 0.15) is 10.6 Å². The summed E-state index contributed by atoms with van der Waals surface area (Å²) >= 11 is 6.74. The number of hydrogen-bond acceptors (Lipinski definition) is 5. The zero-order valence-electron chi connectivity index (χ0n) is 12.4. The normalized spacial score (nSPS) is 11.4. The Bertz CT molecular complexity index is 1060. The molecule has 0 spiro atoms. The van der Waals surface area contributed by atoms with E-state index in [1.54, 1.807) is 42.5 Å². The highest BCUT2D eigenvalue weighted by atomic mass is 35.5. The molecule has 1 aromatic heterocycles. The molecule has 0 aliphatic heterocycles. The Labute approximate surface area is 147 Å². The maximum atomic E-state index is 12.5. The fourth-order valence-corrected chi connectivity index (χ4v) is 4.66. The number of anilines is 1. The van der Waals surface area contributed by atoms with Crippen molar-refractivity contribution in [3.05, 3.63) is 63.1 Å². The Hall–Kier alpha value is -2.09. The highest BCUT2D eigenvalue weighted by molar-refractivity contribution is 7.92. The van der Waals surface area contributed by atoms with Crippen LogP contribution in [-0.4, -0.2) is 15.5 Å². The number of methoxy groups -OCH3 is 1. The van der Waals surface area contributed by atoms with Crippen molar-refractivity contribution in [3.8, 4) is 5.75 Å². The van der Waals surface area contributed by atoms with Crippen molar-refractivity contribution in [1.29, 1.82) is 0 Å². The standard InChI is InChI=1S/C16H12ClNO4S2/c1-22-13-6-4-12(5-7-13)18-24(20,21)15-8-10-2-3-11(17)9-14(10)23-16(15)19/h2-9,18H,1H3. The van der Waals surface area contributed by atoms with Crippen LogP contribution in [0.4, 0.5) is 5.69 Å². The van der Waals surface area contributed by atoms with Crippen molar-refractivity contribution in [3.63, 3.8) is 0 Å². The lowest BCUT2D eigenvalue weighted by atomic mass is 10.2. The van der Waals surface area contributed by atoms with Gasteiger partial charge in [-0.25, -0.2) is 8.42 Å². The maximum absolute atomic E-state index is 12.5. The van der Waals surface area contributed by atoms with Crippen molar-refractivity contribution < 1.29 is 13.2 Å². The summed E-state index contributed by atoms with van der Waals surface area (Å²) in [6, 6.07) is 12.7. The lowest BCUT2D eigenvalue weighted by Gasteiger charge is -2.09. The summed E-state index contributed by atoms with van der Waals surface area (Å²) in [4.78, 5) is 11.9. The summed E-state index contributed by atoms with van der Waals surface area (Å²) < 4.78 is 32.6. The summed E-state index contributed by atoms with van der Waals surface area (Å²) in [5.74, 6) is 0.604. The Morgan fingerprint density at radius 3 is 2.46 bits per heavy atom. The molecule has 0 fully saturated rings. The highest BCUT2D eigenvalue weighted by Gasteiger charge is 2.19. The molecule has 24 heavy (non-hydrogen) atoms. The predicted molar refractivity (Wildman–Crippen MR) is 96.9 cm³/mol. The minimum atomic E-state index is -3.99. The SMILES string of the molecule is COc1ccc(NS(=O)(=O)c2cc3ccc(Cl)cc3sc2=O)cc1. The predicted octanol–water partition coefficient (Wildman–Crippen LogP) is 3.72. The molecule has 1 N–H and O–H groups in total. The number of halogens is 1. The van der Waals surface area contributed by atoms with Gasteiger partial charge in [0.05, 0.1) is 7.11 Å². The number of ether oxygens (including phenoxy) is 1. The second-order valence-corrected chi connectivity index (χ2v) is 8.02. The fourth-order valence-electron chi connectivity index (χ4n) is 2.12. The molecular weight excluding hydrogens is 370 g/mol. The molecule has 0 radical (unpaired) electrons. The van der Waals surface area contributed by atoms with E-state index in [9.17, 15) is 13.2 Å². The van der Waals surface area contributed by atoms with E-state index in [-0.39, 0.29) is 4.90 Å². The minimum Gasteiger partial charge on any atom is -0.497 e. The van der Waals surface area contributed by atoms with E-state index in [0.29, 0.717) is 26.5 Å². The highest BCUT2D eigenvalue weighted by Crippen LogP contribution is 2.24. The van der Waals surface area contributed by atoms with Gasteiger partial charge in [-0.3, -0.25) is 9.52 Å². The molecule has 0 amide bonds. The number of sulfonamides is 1. The number of benzene rings is 2. The summed E-state index contributed by atoms with van der Waals surface area (Å²) in [6.45, 7) is 0. The molecule has 1 heterocycles. The van der Waals surface area contributed by atoms with Crippen molar-refractivity contribution in [2.75, 3.05) is 11.8 Å². The molecule has 0 atom stereocenters. The maximum Gasteiger partial charge on any atom is 0.266 e. The van der Waals surface area contributed by atoms with Crippen LogP contribution >= 0.6 is 22.9 Å². The fraction of sp³-hybridized carbons (Fsp3) is 0.0625. The van der Waals surface area contributed by atoms with E-state index in [2.05, 4.69) is 4.72 Å². The molecule has 3 aromatic rings. The number of nitrogens with one attached hydrogen (secondary N) is 1. The average Bonchev–Trinajstić information content (AvgIpc) is 2.54. The topological polar surface area (TPSA) is 72.5 Å². The molecule has 0 unspecified atom stereocenters. The van der Waals surface area contributed by atoms with E-state index in [4.69, 9.17) is 16.3 Å². The Kier molecular flexibility index (Phi) is 4.49. The second-order valence-electron chi connectivity index (χ2n) is 4.91. The lowest BCUT2D eigenvalue weighted by molar-refractivity contribution is 0.415. The summed E-state index contributed by atoms with van der Waals surface area (Å²) in [6.07, 6.45) is 0. The van der Waals surface area contributed by atoms with Gasteiger partial charge in [-0.15, -0.1) is 0 Å². The average molecular weight is 382 g/mol. The van der Waals surface area contributed by atoms with Crippen molar-refractivity contribution in [2.24, 2.45) is 0 Å². The first-order valence-electron chi connectivity index (χ1n) is 6.79. The molecular formula is C16H12ClNO4S2. The van der Waals surface area contributed by atoms with Crippen LogP contribution < -0.4 is 14.2 Å². The van der Waals surface area contributed by atoms with E-state index in [1.165, 1.54) is 13.2 Å². The van der Waals surface area contributed by atoms with Gasteiger partial charge in [-0.1, -0.05) is 29.0 Å². The van der Waals surface area contributed by atoms with Gasteiger partial charge in [0.15, 0.2) is 0 Å². The smallest absolute Gasteiger partial charge is 0.266 e. The molecule has 0 aliphatic rings. The lowest BCUT2D eigenvalue weighted by Crippen LogP contribution is -2.19. The van der Waals surface area contributed by atoms with Gasteiger partial charge in [-0.2, -0.15) is 0 Å². The largest absolute Gasteiger partial charge is 0.497 e. The molecule has 0 saturated carbocycles. The van der Waals surface area contributed by atoms with Crippen molar-refractivity contribution in [1.82, 2.24) is 0 Å². The van der Waals surface area contributed by atoms with Crippen LogP contribution in [-0.2, 0) is 10.0 Å². The first-order valence-corrected chi connectivity index (χ1v) is 9.47. The Morgan fingerprint density at radius 1 is 1.08 bits per heavy atom. The molecule has 8 heteroatoms. The molecule has 0 bridgehead atoms. The molecule has 0 saturated heterocycles. The third kappa shape index (κ3) is 3.38. The van der Waals surface area contributed by atoms with Crippen LogP contribution in [0.15, 0.2) is 58.2 Å². The first kappa shape index (κ1) is 16.8. The van der Waals surface area contributed by atoms with E-state index in [1.807, 2.05) is 0 Å².